The zero-order valence-corrected chi connectivity index (χ0v) is 10.2. The normalized spacial score (nSPS) is 29.1. The Morgan fingerprint density at radius 1 is 1.31 bits per heavy atom. The number of piperidine rings is 1. The van der Waals surface area contributed by atoms with Gasteiger partial charge in [-0.3, -0.25) is 4.79 Å². The molecule has 0 spiro atoms. The molecule has 2 unspecified atom stereocenters. The van der Waals surface area contributed by atoms with Gasteiger partial charge in [0.25, 0.3) is 0 Å². The number of thiophene rings is 1. The van der Waals surface area contributed by atoms with Crippen LogP contribution < -0.4 is 4.90 Å². The number of hydrogen-bond donors (Lipinski definition) is 0. The first kappa shape index (κ1) is 10.3. The number of rotatable bonds is 2. The molecule has 2 atom stereocenters. The van der Waals surface area contributed by atoms with E-state index in [1.54, 1.807) is 11.3 Å². The molecule has 1 saturated heterocycles. The number of carbonyl (C=O) groups is 1. The molecule has 0 amide bonds. The van der Waals surface area contributed by atoms with Crippen molar-refractivity contribution in [1.82, 2.24) is 0 Å². The van der Waals surface area contributed by atoms with Gasteiger partial charge in [-0.2, -0.15) is 0 Å². The van der Waals surface area contributed by atoms with Crippen LogP contribution in [0.25, 0.3) is 0 Å². The Bertz CT molecular complexity index is 387. The Labute approximate surface area is 100 Å². The molecule has 16 heavy (non-hydrogen) atoms. The molecule has 86 valence electrons. The topological polar surface area (TPSA) is 20.3 Å². The number of nitrogens with zero attached hydrogens (tertiary/aromatic N) is 1. The monoisotopic (exact) mass is 235 g/mol. The quantitative estimate of drug-likeness (QED) is 0.733. The maximum absolute atomic E-state index is 10.7. The molecule has 3 rings (SSSR count). The molecule has 1 aromatic rings. The van der Waals surface area contributed by atoms with E-state index in [0.717, 1.165) is 23.1 Å². The molecule has 3 heteroatoms. The third-order valence-corrected chi connectivity index (χ3v) is 4.89. The maximum Gasteiger partial charge on any atom is 0.160 e. The highest BCUT2D eigenvalue weighted by Gasteiger charge is 2.35. The van der Waals surface area contributed by atoms with Crippen molar-refractivity contribution in [2.24, 2.45) is 5.92 Å². The first-order chi connectivity index (χ1) is 7.88. The van der Waals surface area contributed by atoms with Gasteiger partial charge < -0.3 is 4.90 Å². The van der Waals surface area contributed by atoms with Crippen LogP contribution in [-0.4, -0.2) is 18.9 Å². The van der Waals surface area contributed by atoms with Crippen LogP contribution in [-0.2, 0) is 0 Å². The predicted molar refractivity (Wildman–Crippen MR) is 67.4 cm³/mol. The summed E-state index contributed by atoms with van der Waals surface area (Å²) in [7, 11) is 0. The SMILES string of the molecule is O=Cc1cc(N2CCCC3CCCC32)cs1. The minimum Gasteiger partial charge on any atom is -0.368 e. The van der Waals surface area contributed by atoms with Gasteiger partial charge in [-0.1, -0.05) is 6.42 Å². The molecular formula is C13H17NOS. The summed E-state index contributed by atoms with van der Waals surface area (Å²) in [6, 6.07) is 2.81. The first-order valence-electron chi connectivity index (χ1n) is 6.19. The van der Waals surface area contributed by atoms with Crippen molar-refractivity contribution in [3.05, 3.63) is 16.3 Å². The molecule has 2 heterocycles. The van der Waals surface area contributed by atoms with E-state index in [1.807, 2.05) is 0 Å². The van der Waals surface area contributed by atoms with Crippen LogP contribution in [0.5, 0.6) is 0 Å². The lowest BCUT2D eigenvalue weighted by Gasteiger charge is -2.38. The van der Waals surface area contributed by atoms with Gasteiger partial charge in [-0.05, 0) is 37.7 Å². The lowest BCUT2D eigenvalue weighted by molar-refractivity contribution is 0.112. The van der Waals surface area contributed by atoms with Crippen LogP contribution in [0, 0.1) is 5.92 Å². The van der Waals surface area contributed by atoms with Crippen LogP contribution in [0.15, 0.2) is 11.4 Å². The molecule has 1 aromatic heterocycles. The Morgan fingerprint density at radius 3 is 3.00 bits per heavy atom. The van der Waals surface area contributed by atoms with Gasteiger partial charge in [0, 0.05) is 23.7 Å². The average Bonchev–Trinajstić information content (AvgIpc) is 2.97. The van der Waals surface area contributed by atoms with E-state index in [4.69, 9.17) is 0 Å². The molecule has 1 aliphatic heterocycles. The molecule has 2 aliphatic rings. The van der Waals surface area contributed by atoms with Crippen molar-refractivity contribution in [2.45, 2.75) is 38.1 Å². The van der Waals surface area contributed by atoms with E-state index < -0.39 is 0 Å². The first-order valence-corrected chi connectivity index (χ1v) is 7.07. The fourth-order valence-electron chi connectivity index (χ4n) is 3.33. The summed E-state index contributed by atoms with van der Waals surface area (Å²) in [5, 5.41) is 2.14. The number of aldehydes is 1. The van der Waals surface area contributed by atoms with Crippen molar-refractivity contribution in [1.29, 1.82) is 0 Å². The van der Waals surface area contributed by atoms with Crippen LogP contribution in [0.2, 0.25) is 0 Å². The molecule has 0 bridgehead atoms. The summed E-state index contributed by atoms with van der Waals surface area (Å²) in [4.78, 5) is 14.1. The predicted octanol–water partition coefficient (Wildman–Crippen LogP) is 3.33. The van der Waals surface area contributed by atoms with Crippen molar-refractivity contribution < 1.29 is 4.79 Å². The van der Waals surface area contributed by atoms with Crippen molar-refractivity contribution >= 4 is 23.3 Å². The summed E-state index contributed by atoms with van der Waals surface area (Å²) in [6.07, 6.45) is 7.82. The van der Waals surface area contributed by atoms with Gasteiger partial charge in [-0.15, -0.1) is 11.3 Å². The zero-order valence-electron chi connectivity index (χ0n) is 9.39. The lowest BCUT2D eigenvalue weighted by atomic mass is 9.92. The minimum atomic E-state index is 0.753. The second-order valence-electron chi connectivity index (χ2n) is 4.92. The summed E-state index contributed by atoms with van der Waals surface area (Å²) in [5.41, 5.74) is 1.28. The van der Waals surface area contributed by atoms with Gasteiger partial charge >= 0.3 is 0 Å². The third kappa shape index (κ3) is 1.67. The van der Waals surface area contributed by atoms with E-state index in [9.17, 15) is 4.79 Å². The Hall–Kier alpha value is -0.830. The van der Waals surface area contributed by atoms with Gasteiger partial charge in [0.05, 0.1) is 4.88 Å². The molecule has 0 aromatic carbocycles. The largest absolute Gasteiger partial charge is 0.368 e. The second kappa shape index (κ2) is 4.21. The van der Waals surface area contributed by atoms with E-state index in [2.05, 4.69) is 16.3 Å². The van der Waals surface area contributed by atoms with Crippen LogP contribution in [0.3, 0.4) is 0 Å². The molecule has 2 nitrogen and oxygen atoms in total. The van der Waals surface area contributed by atoms with Crippen molar-refractivity contribution in [3.63, 3.8) is 0 Å². The number of fused-ring (bicyclic) bond motifs is 1. The number of carbonyl (C=O) groups excluding carboxylic acids is 1. The van der Waals surface area contributed by atoms with Gasteiger partial charge in [0.2, 0.25) is 0 Å². The highest BCUT2D eigenvalue weighted by atomic mass is 32.1. The summed E-state index contributed by atoms with van der Waals surface area (Å²) >= 11 is 1.57. The highest BCUT2D eigenvalue weighted by molar-refractivity contribution is 7.12. The molecule has 1 aliphatic carbocycles. The second-order valence-corrected chi connectivity index (χ2v) is 5.86. The maximum atomic E-state index is 10.7. The minimum absolute atomic E-state index is 0.753. The molecule has 0 N–H and O–H groups in total. The average molecular weight is 235 g/mol. The van der Waals surface area contributed by atoms with E-state index in [0.29, 0.717) is 0 Å². The van der Waals surface area contributed by atoms with Gasteiger partial charge in [-0.25, -0.2) is 0 Å². The Kier molecular flexibility index (Phi) is 2.72. The fraction of sp³-hybridized carbons (Fsp3) is 0.615. The molecule has 0 radical (unpaired) electrons. The molecular weight excluding hydrogens is 218 g/mol. The van der Waals surface area contributed by atoms with Crippen molar-refractivity contribution in [2.75, 3.05) is 11.4 Å². The Morgan fingerprint density at radius 2 is 2.19 bits per heavy atom. The fourth-order valence-corrected chi connectivity index (χ4v) is 4.03. The van der Waals surface area contributed by atoms with E-state index in [1.165, 1.54) is 44.3 Å². The van der Waals surface area contributed by atoms with Crippen LogP contribution in [0.1, 0.15) is 41.8 Å². The third-order valence-electron chi connectivity index (χ3n) is 4.05. The van der Waals surface area contributed by atoms with Crippen molar-refractivity contribution in [3.8, 4) is 0 Å². The zero-order chi connectivity index (χ0) is 11.0. The summed E-state index contributed by atoms with van der Waals surface area (Å²) in [6.45, 7) is 1.18. The molecule has 1 saturated carbocycles. The van der Waals surface area contributed by atoms with Gasteiger partial charge in [0.15, 0.2) is 6.29 Å². The molecule has 2 fully saturated rings. The van der Waals surface area contributed by atoms with E-state index >= 15 is 0 Å². The van der Waals surface area contributed by atoms with Gasteiger partial charge in [0.1, 0.15) is 0 Å². The number of anilines is 1. The standard InChI is InChI=1S/C13H17NOS/c15-8-12-7-11(9-16-12)14-6-2-4-10-3-1-5-13(10)14/h7-10,13H,1-6H2. The van der Waals surface area contributed by atoms with Crippen LogP contribution in [0.4, 0.5) is 5.69 Å². The highest BCUT2D eigenvalue weighted by Crippen LogP contribution is 2.39. The summed E-state index contributed by atoms with van der Waals surface area (Å²) in [5.74, 6) is 0.910. The van der Waals surface area contributed by atoms with Crippen LogP contribution >= 0.6 is 11.3 Å². The number of hydrogen-bond acceptors (Lipinski definition) is 3. The van der Waals surface area contributed by atoms with E-state index in [-0.39, 0.29) is 0 Å². The summed E-state index contributed by atoms with van der Waals surface area (Å²) < 4.78 is 0. The lowest BCUT2D eigenvalue weighted by Crippen LogP contribution is -2.42. The smallest absolute Gasteiger partial charge is 0.160 e. The Balaban J connectivity index is 1.84.